The molecule has 0 unspecified atom stereocenters. The lowest BCUT2D eigenvalue weighted by Gasteiger charge is -2.36. The second-order valence-corrected chi connectivity index (χ2v) is 5.95. The number of piperazine rings is 1. The fraction of sp³-hybridized carbons (Fsp3) is 0.647. The summed E-state index contributed by atoms with van der Waals surface area (Å²) in [5.74, 6) is -0.164. The average Bonchev–Trinajstić information content (AvgIpc) is 2.57. The summed E-state index contributed by atoms with van der Waals surface area (Å²) in [7, 11) is 0. The maximum Gasteiger partial charge on any atom is 0.461 e. The van der Waals surface area contributed by atoms with E-state index < -0.39 is 12.5 Å². The molecule has 0 radical (unpaired) electrons. The molecule has 0 aromatic heterocycles. The quantitative estimate of drug-likeness (QED) is 0.669. The Morgan fingerprint density at radius 1 is 1.20 bits per heavy atom. The van der Waals surface area contributed by atoms with Gasteiger partial charge in [0.15, 0.2) is 0 Å². The van der Waals surface area contributed by atoms with Crippen LogP contribution in [0.2, 0.25) is 0 Å². The maximum absolute atomic E-state index is 13.4. The van der Waals surface area contributed by atoms with E-state index in [1.165, 1.54) is 12.1 Å². The Hall–Kier alpha value is -1.05. The van der Waals surface area contributed by atoms with E-state index in [-0.39, 0.29) is 24.2 Å². The van der Waals surface area contributed by atoms with E-state index in [0.29, 0.717) is 5.56 Å². The molecule has 25 heavy (non-hydrogen) atoms. The number of hydrogen-bond donors (Lipinski definition) is 1. The SMILES string of the molecule is CCCC[C@H](c1ccccc1OC(F)(F)C(F)F)N1CCNCC1.Cl. The van der Waals surface area contributed by atoms with Crippen molar-refractivity contribution in [1.29, 1.82) is 0 Å². The molecule has 1 aliphatic heterocycles. The molecule has 144 valence electrons. The number of halogens is 5. The zero-order valence-electron chi connectivity index (χ0n) is 14.2. The van der Waals surface area contributed by atoms with Crippen LogP contribution in [0.4, 0.5) is 17.6 Å². The second kappa shape index (κ2) is 10.2. The van der Waals surface area contributed by atoms with Crippen LogP contribution >= 0.6 is 12.4 Å². The van der Waals surface area contributed by atoms with Crippen molar-refractivity contribution in [3.05, 3.63) is 29.8 Å². The lowest BCUT2D eigenvalue weighted by atomic mass is 9.98. The molecule has 0 bridgehead atoms. The molecule has 0 saturated carbocycles. The molecule has 1 N–H and O–H groups in total. The third-order valence-electron chi connectivity index (χ3n) is 4.20. The van der Waals surface area contributed by atoms with E-state index in [1.54, 1.807) is 12.1 Å². The molecule has 0 spiro atoms. The number of nitrogens with one attached hydrogen (secondary N) is 1. The summed E-state index contributed by atoms with van der Waals surface area (Å²) in [6.45, 7) is 5.27. The highest BCUT2D eigenvalue weighted by atomic mass is 35.5. The summed E-state index contributed by atoms with van der Waals surface area (Å²) in [6, 6.07) is 6.17. The molecule has 1 saturated heterocycles. The van der Waals surface area contributed by atoms with Crippen molar-refractivity contribution in [2.45, 2.75) is 44.8 Å². The van der Waals surface area contributed by atoms with E-state index in [0.717, 1.165) is 45.4 Å². The zero-order valence-corrected chi connectivity index (χ0v) is 15.0. The standard InChI is InChI=1S/C17H24F4N2O.ClH/c1-2-3-7-14(23-11-9-22-10-12-23)13-6-4-5-8-15(13)24-17(20,21)16(18)19;/h4-6,8,14,16,22H,2-3,7,9-12H2,1H3;1H/t14-;/m1./s1. The number of benzene rings is 1. The molecule has 8 heteroatoms. The number of hydrogen-bond acceptors (Lipinski definition) is 3. The highest BCUT2D eigenvalue weighted by molar-refractivity contribution is 5.85. The van der Waals surface area contributed by atoms with E-state index >= 15 is 0 Å². The topological polar surface area (TPSA) is 24.5 Å². The van der Waals surface area contributed by atoms with Crippen molar-refractivity contribution in [3.8, 4) is 5.75 Å². The monoisotopic (exact) mass is 384 g/mol. The summed E-state index contributed by atoms with van der Waals surface area (Å²) in [5, 5.41) is 3.25. The first kappa shape index (κ1) is 22.0. The van der Waals surface area contributed by atoms with Crippen molar-refractivity contribution in [1.82, 2.24) is 10.2 Å². The Kier molecular flexibility index (Phi) is 8.96. The molecule has 3 nitrogen and oxygen atoms in total. The molecule has 1 fully saturated rings. The Labute approximate surface area is 152 Å². The second-order valence-electron chi connectivity index (χ2n) is 5.95. The fourth-order valence-corrected chi connectivity index (χ4v) is 2.97. The van der Waals surface area contributed by atoms with Crippen LogP contribution in [0.3, 0.4) is 0 Å². The lowest BCUT2D eigenvalue weighted by molar-refractivity contribution is -0.253. The molecule has 1 heterocycles. The van der Waals surface area contributed by atoms with E-state index in [4.69, 9.17) is 0 Å². The Bertz CT molecular complexity index is 513. The summed E-state index contributed by atoms with van der Waals surface area (Å²) in [4.78, 5) is 2.20. The van der Waals surface area contributed by atoms with E-state index in [2.05, 4.69) is 21.9 Å². The summed E-state index contributed by atoms with van der Waals surface area (Å²) in [5.41, 5.74) is 0.549. The highest BCUT2D eigenvalue weighted by Gasteiger charge is 2.44. The van der Waals surface area contributed by atoms with Crippen LogP contribution in [0.15, 0.2) is 24.3 Å². The summed E-state index contributed by atoms with van der Waals surface area (Å²) < 4.78 is 56.2. The molecule has 0 aliphatic carbocycles. The predicted molar refractivity (Wildman–Crippen MR) is 92.0 cm³/mol. The smallest absolute Gasteiger partial charge is 0.428 e. The van der Waals surface area contributed by atoms with Crippen molar-refractivity contribution < 1.29 is 22.3 Å². The van der Waals surface area contributed by atoms with Crippen LogP contribution in [0.5, 0.6) is 5.75 Å². The number of unbranched alkanes of at least 4 members (excludes halogenated alkanes) is 1. The Balaban J connectivity index is 0.00000312. The van der Waals surface area contributed by atoms with Gasteiger partial charge in [0.2, 0.25) is 0 Å². The third-order valence-corrected chi connectivity index (χ3v) is 4.20. The Morgan fingerprint density at radius 2 is 1.84 bits per heavy atom. The fourth-order valence-electron chi connectivity index (χ4n) is 2.97. The van der Waals surface area contributed by atoms with Crippen molar-refractivity contribution in [2.24, 2.45) is 0 Å². The average molecular weight is 385 g/mol. The zero-order chi connectivity index (χ0) is 17.6. The van der Waals surface area contributed by atoms with Crippen LogP contribution < -0.4 is 10.1 Å². The molecule has 1 aromatic rings. The van der Waals surface area contributed by atoms with Crippen LogP contribution in [0, 0.1) is 0 Å². The first-order valence-electron chi connectivity index (χ1n) is 8.34. The van der Waals surface area contributed by atoms with Crippen LogP contribution in [0.1, 0.15) is 37.8 Å². The van der Waals surface area contributed by atoms with Crippen molar-refractivity contribution in [2.75, 3.05) is 26.2 Å². The van der Waals surface area contributed by atoms with Crippen molar-refractivity contribution >= 4 is 12.4 Å². The number of nitrogens with zero attached hydrogens (tertiary/aromatic N) is 1. The molecule has 0 amide bonds. The van der Waals surface area contributed by atoms with Crippen molar-refractivity contribution in [3.63, 3.8) is 0 Å². The number of para-hydroxylation sites is 1. The third kappa shape index (κ3) is 6.01. The van der Waals surface area contributed by atoms with E-state index in [9.17, 15) is 17.6 Å². The molecular formula is C17H25ClF4N2O. The van der Waals surface area contributed by atoms with E-state index in [1.807, 2.05) is 0 Å². The van der Waals surface area contributed by atoms with Gasteiger partial charge in [-0.15, -0.1) is 12.4 Å². The van der Waals surface area contributed by atoms with Crippen LogP contribution in [-0.2, 0) is 0 Å². The van der Waals surface area contributed by atoms with Gasteiger partial charge in [0.05, 0.1) is 0 Å². The molecular weight excluding hydrogens is 360 g/mol. The minimum Gasteiger partial charge on any atom is -0.428 e. The van der Waals surface area contributed by atoms with Gasteiger partial charge >= 0.3 is 12.5 Å². The van der Waals surface area contributed by atoms with Gasteiger partial charge in [0.1, 0.15) is 5.75 Å². The normalized spacial score (nSPS) is 17.2. The Morgan fingerprint density at radius 3 is 2.44 bits per heavy atom. The van der Waals surface area contributed by atoms with Gasteiger partial charge < -0.3 is 10.1 Å². The number of alkyl halides is 4. The van der Waals surface area contributed by atoms with Gasteiger partial charge in [0, 0.05) is 37.8 Å². The van der Waals surface area contributed by atoms with Crippen LogP contribution in [-0.4, -0.2) is 43.6 Å². The first-order valence-corrected chi connectivity index (χ1v) is 8.34. The van der Waals surface area contributed by atoms with Gasteiger partial charge in [-0.2, -0.15) is 17.6 Å². The molecule has 1 aromatic carbocycles. The molecule has 1 atom stereocenters. The van der Waals surface area contributed by atoms with Gasteiger partial charge in [-0.05, 0) is 12.5 Å². The number of ether oxygens (including phenoxy) is 1. The summed E-state index contributed by atoms with van der Waals surface area (Å²) >= 11 is 0. The van der Waals surface area contributed by atoms with Crippen LogP contribution in [0.25, 0.3) is 0 Å². The predicted octanol–water partition coefficient (Wildman–Crippen LogP) is 4.48. The largest absolute Gasteiger partial charge is 0.461 e. The summed E-state index contributed by atoms with van der Waals surface area (Å²) in [6.07, 6.45) is -5.68. The van der Waals surface area contributed by atoms with Gasteiger partial charge in [-0.1, -0.05) is 38.0 Å². The molecule has 2 rings (SSSR count). The minimum atomic E-state index is -4.49. The van der Waals surface area contributed by atoms with Gasteiger partial charge in [-0.3, -0.25) is 4.90 Å². The molecule has 1 aliphatic rings. The highest BCUT2D eigenvalue weighted by Crippen LogP contribution is 2.37. The lowest BCUT2D eigenvalue weighted by Crippen LogP contribution is -2.45. The number of rotatable bonds is 8. The maximum atomic E-state index is 13.4. The minimum absolute atomic E-state index is 0. The van der Waals surface area contributed by atoms with Gasteiger partial charge in [-0.25, -0.2) is 0 Å². The van der Waals surface area contributed by atoms with Gasteiger partial charge in [0.25, 0.3) is 0 Å². The first-order chi connectivity index (χ1) is 11.5.